The molecular formula is C22H23N9O3. The smallest absolute Gasteiger partial charge is 0.326 e. The van der Waals surface area contributed by atoms with Crippen LogP contribution in [0.5, 0.6) is 5.88 Å². The van der Waals surface area contributed by atoms with Gasteiger partial charge in [-0.25, -0.2) is 9.79 Å². The number of H-pyrrole nitrogens is 2. The highest BCUT2D eigenvalue weighted by molar-refractivity contribution is 5.90. The molecule has 1 saturated carbocycles. The summed E-state index contributed by atoms with van der Waals surface area (Å²) in [6.07, 6.45) is 5.16. The van der Waals surface area contributed by atoms with Crippen LogP contribution in [0.15, 0.2) is 40.2 Å². The molecule has 1 amide bonds. The second-order valence-corrected chi connectivity index (χ2v) is 8.13. The summed E-state index contributed by atoms with van der Waals surface area (Å²) in [5.41, 5.74) is 2.35. The third-order valence-corrected chi connectivity index (χ3v) is 5.48. The number of aromatic amines is 2. The van der Waals surface area contributed by atoms with Crippen molar-refractivity contribution in [3.8, 4) is 5.88 Å². The topological polar surface area (TPSA) is 157 Å². The first-order chi connectivity index (χ1) is 16.4. The number of nitrogens with zero attached hydrogens (tertiary/aromatic N) is 6. The van der Waals surface area contributed by atoms with Crippen LogP contribution < -0.4 is 26.7 Å². The summed E-state index contributed by atoms with van der Waals surface area (Å²) in [6, 6.07) is 7.84. The first-order valence-electron chi connectivity index (χ1n) is 10.8. The second kappa shape index (κ2) is 8.46. The molecule has 12 nitrogen and oxygen atoms in total. The van der Waals surface area contributed by atoms with Crippen molar-refractivity contribution in [2.45, 2.75) is 32.4 Å². The number of hydrogen-bond donors (Lipinski definition) is 4. The van der Waals surface area contributed by atoms with Crippen molar-refractivity contribution in [2.24, 2.45) is 4.99 Å². The molecule has 0 unspecified atom stereocenters. The van der Waals surface area contributed by atoms with Crippen molar-refractivity contribution in [2.75, 3.05) is 17.3 Å². The Kier molecular flexibility index (Phi) is 5.32. The van der Waals surface area contributed by atoms with E-state index in [1.54, 1.807) is 28.7 Å². The van der Waals surface area contributed by atoms with Crippen LogP contribution >= 0.6 is 0 Å². The Morgan fingerprint density at radius 3 is 2.88 bits per heavy atom. The predicted molar refractivity (Wildman–Crippen MR) is 124 cm³/mol. The van der Waals surface area contributed by atoms with Crippen LogP contribution in [0, 0.1) is 0 Å². The molecule has 0 saturated heterocycles. The molecule has 12 heteroatoms. The number of carbonyl (C=O) groups excluding carboxylic acids is 1. The number of hydrogen-bond acceptors (Lipinski definition) is 8. The van der Waals surface area contributed by atoms with Gasteiger partial charge < -0.3 is 20.3 Å². The first kappa shape index (κ1) is 21.4. The Morgan fingerprint density at radius 2 is 2.18 bits per heavy atom. The lowest BCUT2D eigenvalue weighted by Crippen LogP contribution is -2.25. The van der Waals surface area contributed by atoms with E-state index in [9.17, 15) is 14.7 Å². The maximum absolute atomic E-state index is 11.7. The van der Waals surface area contributed by atoms with Gasteiger partial charge >= 0.3 is 5.69 Å². The monoisotopic (exact) mass is 461 g/mol. The minimum absolute atomic E-state index is 0.0514. The van der Waals surface area contributed by atoms with Crippen molar-refractivity contribution >= 4 is 29.3 Å². The van der Waals surface area contributed by atoms with Crippen LogP contribution in [0.25, 0.3) is 11.7 Å². The SMILES string of the molecule is CC(=O)N(C)c1cccc(CNc2nc(=NC3CC3)n3nc/c(=C\c4[nH]c(=O)[nH]c4O)c3n2)c1. The van der Waals surface area contributed by atoms with E-state index < -0.39 is 5.69 Å². The summed E-state index contributed by atoms with van der Waals surface area (Å²) in [6.45, 7) is 1.94. The van der Waals surface area contributed by atoms with Crippen LogP contribution in [0.2, 0.25) is 0 Å². The molecule has 4 N–H and O–H groups in total. The molecule has 0 spiro atoms. The zero-order chi connectivity index (χ0) is 23.8. The Morgan fingerprint density at radius 1 is 1.35 bits per heavy atom. The Bertz CT molecular complexity index is 1560. The molecule has 5 rings (SSSR count). The zero-order valence-corrected chi connectivity index (χ0v) is 18.6. The number of aromatic nitrogens is 6. The molecule has 3 heterocycles. The third-order valence-electron chi connectivity index (χ3n) is 5.48. The van der Waals surface area contributed by atoms with Gasteiger partial charge in [0.15, 0.2) is 5.65 Å². The average molecular weight is 461 g/mol. The maximum atomic E-state index is 11.7. The van der Waals surface area contributed by atoms with E-state index in [1.165, 1.54) is 6.92 Å². The standard InChI is InChI=1S/C22H23N9O3/c1-12(32)30(2)16-5-3-4-13(8-16)10-23-20-27-18-14(9-17-19(33)28-22(34)26-17)11-24-31(18)21(29-20)25-15-6-7-15/h3-5,8-9,11,15,33H,6-7,10H2,1-2H3,(H,23,25,29)(H2,26,28,34)/b14-9+. The summed E-state index contributed by atoms with van der Waals surface area (Å²) in [5.74, 6) is 0.0405. The van der Waals surface area contributed by atoms with Crippen molar-refractivity contribution in [1.82, 2.24) is 29.5 Å². The number of carbonyl (C=O) groups is 1. The maximum Gasteiger partial charge on any atom is 0.326 e. The number of imidazole rings is 1. The number of rotatable bonds is 6. The summed E-state index contributed by atoms with van der Waals surface area (Å²) in [4.78, 5) is 43.3. The van der Waals surface area contributed by atoms with Gasteiger partial charge in [-0.3, -0.25) is 9.78 Å². The van der Waals surface area contributed by atoms with E-state index in [0.29, 0.717) is 29.0 Å². The number of nitrogens with one attached hydrogen (secondary N) is 3. The Hall–Kier alpha value is -4.48. The van der Waals surface area contributed by atoms with E-state index in [4.69, 9.17) is 0 Å². The first-order valence-corrected chi connectivity index (χ1v) is 10.8. The fourth-order valence-corrected chi connectivity index (χ4v) is 3.40. The molecule has 3 aromatic heterocycles. The number of aromatic hydroxyl groups is 1. The lowest BCUT2D eigenvalue weighted by Gasteiger charge is -2.16. The lowest BCUT2D eigenvalue weighted by atomic mass is 10.2. The van der Waals surface area contributed by atoms with E-state index in [-0.39, 0.29) is 23.5 Å². The van der Waals surface area contributed by atoms with Gasteiger partial charge in [0, 0.05) is 31.4 Å². The largest absolute Gasteiger partial charge is 0.493 e. The molecule has 1 aliphatic carbocycles. The van der Waals surface area contributed by atoms with Crippen molar-refractivity contribution < 1.29 is 9.90 Å². The minimum Gasteiger partial charge on any atom is -0.493 e. The quantitative estimate of drug-likeness (QED) is 0.316. The highest BCUT2D eigenvalue weighted by Crippen LogP contribution is 2.22. The van der Waals surface area contributed by atoms with Gasteiger partial charge in [0.2, 0.25) is 17.7 Å². The van der Waals surface area contributed by atoms with Gasteiger partial charge in [-0.1, -0.05) is 12.1 Å². The molecule has 1 aliphatic rings. The number of amides is 1. The van der Waals surface area contributed by atoms with Crippen LogP contribution in [0.4, 0.5) is 11.6 Å². The van der Waals surface area contributed by atoms with Crippen LogP contribution in [0.1, 0.15) is 31.0 Å². The molecule has 1 aromatic carbocycles. The molecule has 0 radical (unpaired) electrons. The zero-order valence-electron chi connectivity index (χ0n) is 18.6. The number of benzene rings is 1. The number of fused-ring (bicyclic) bond motifs is 1. The van der Waals surface area contributed by atoms with Crippen molar-refractivity contribution in [3.63, 3.8) is 0 Å². The van der Waals surface area contributed by atoms with Crippen molar-refractivity contribution in [1.29, 1.82) is 0 Å². The minimum atomic E-state index is -0.515. The molecule has 1 fully saturated rings. The number of anilines is 2. The molecule has 0 aliphatic heterocycles. The van der Waals surface area contributed by atoms with E-state index in [2.05, 4.69) is 35.3 Å². The molecule has 0 atom stereocenters. The normalized spacial score (nSPS) is 14.6. The molecular weight excluding hydrogens is 438 g/mol. The van der Waals surface area contributed by atoms with Gasteiger partial charge in [-0.15, -0.1) is 0 Å². The van der Waals surface area contributed by atoms with Gasteiger partial charge in [-0.05, 0) is 36.6 Å². The van der Waals surface area contributed by atoms with Crippen LogP contribution in [-0.2, 0) is 11.3 Å². The lowest BCUT2D eigenvalue weighted by molar-refractivity contribution is -0.116. The van der Waals surface area contributed by atoms with E-state index >= 15 is 0 Å². The van der Waals surface area contributed by atoms with Gasteiger partial charge in [0.05, 0.1) is 12.2 Å². The third kappa shape index (κ3) is 4.37. The Balaban J connectivity index is 1.52. The van der Waals surface area contributed by atoms with E-state index in [1.807, 2.05) is 24.3 Å². The summed E-state index contributed by atoms with van der Waals surface area (Å²) in [5, 5.41) is 18.1. The van der Waals surface area contributed by atoms with E-state index in [0.717, 1.165) is 24.1 Å². The second-order valence-electron chi connectivity index (χ2n) is 8.13. The molecule has 0 bridgehead atoms. The van der Waals surface area contributed by atoms with Gasteiger partial charge in [-0.2, -0.15) is 19.6 Å². The fourth-order valence-electron chi connectivity index (χ4n) is 3.40. The molecule has 34 heavy (non-hydrogen) atoms. The fraction of sp³-hybridized carbons (Fsp3) is 0.273. The summed E-state index contributed by atoms with van der Waals surface area (Å²) < 4.78 is 1.54. The van der Waals surface area contributed by atoms with Crippen LogP contribution in [-0.4, -0.2) is 53.7 Å². The average Bonchev–Trinajstić information content (AvgIpc) is 3.45. The Labute approximate surface area is 192 Å². The molecule has 174 valence electrons. The van der Waals surface area contributed by atoms with Gasteiger partial charge in [0.1, 0.15) is 5.69 Å². The molecule has 4 aromatic rings. The summed E-state index contributed by atoms with van der Waals surface area (Å²) >= 11 is 0. The summed E-state index contributed by atoms with van der Waals surface area (Å²) in [7, 11) is 1.73. The predicted octanol–water partition coefficient (Wildman–Crippen LogP) is 0.0519. The van der Waals surface area contributed by atoms with Crippen LogP contribution in [0.3, 0.4) is 0 Å². The highest BCUT2D eigenvalue weighted by Gasteiger charge is 2.21. The highest BCUT2D eigenvalue weighted by atomic mass is 16.3. The van der Waals surface area contributed by atoms with Gasteiger partial charge in [0.25, 0.3) is 5.62 Å². The van der Waals surface area contributed by atoms with Crippen molar-refractivity contribution in [3.05, 3.63) is 63.0 Å².